The highest BCUT2D eigenvalue weighted by atomic mass is 32.2. The van der Waals surface area contributed by atoms with Gasteiger partial charge in [-0.15, -0.1) is 11.8 Å². The van der Waals surface area contributed by atoms with Crippen molar-refractivity contribution in [3.8, 4) is 0 Å². The van der Waals surface area contributed by atoms with E-state index in [9.17, 15) is 0 Å². The Morgan fingerprint density at radius 1 is 0.632 bits per heavy atom. The molecule has 3 unspecified atom stereocenters. The molecule has 0 bridgehead atoms. The van der Waals surface area contributed by atoms with Crippen molar-refractivity contribution < 1.29 is 0 Å². The molecule has 4 aliphatic rings. The normalized spacial score (nSPS) is 47.7. The van der Waals surface area contributed by atoms with Crippen molar-refractivity contribution in [2.24, 2.45) is 11.8 Å². The van der Waals surface area contributed by atoms with E-state index in [2.05, 4.69) is 16.7 Å². The molecule has 2 saturated heterocycles. The van der Waals surface area contributed by atoms with Crippen LogP contribution in [0.2, 0.25) is 0 Å². The Morgan fingerprint density at radius 2 is 1.21 bits per heavy atom. The molecule has 19 heavy (non-hydrogen) atoms. The molecule has 0 amide bonds. The smallest absolute Gasteiger partial charge is 0.0562 e. The Bertz CT molecular complexity index is 290. The van der Waals surface area contributed by atoms with Crippen molar-refractivity contribution in [3.63, 3.8) is 0 Å². The molecule has 2 heteroatoms. The highest BCUT2D eigenvalue weighted by Gasteiger charge is 2.51. The minimum atomic E-state index is 0.896. The van der Waals surface area contributed by atoms with Crippen LogP contribution in [0.1, 0.15) is 70.6 Å². The van der Waals surface area contributed by atoms with Gasteiger partial charge in [0.1, 0.15) is 0 Å². The Hall–Kier alpha value is 0.310. The largest absolute Gasteiger partial charge is 0.285 e. The first-order valence-corrected chi connectivity index (χ1v) is 9.89. The fraction of sp³-hybridized carbons (Fsp3) is 1.00. The average Bonchev–Trinajstić information content (AvgIpc) is 2.83. The summed E-state index contributed by atoms with van der Waals surface area (Å²) in [6, 6.07) is 1.97. The molecular weight excluding hydrogens is 250 g/mol. The summed E-state index contributed by atoms with van der Waals surface area (Å²) in [6.07, 6.45) is 16.7. The van der Waals surface area contributed by atoms with Crippen LogP contribution in [0, 0.1) is 11.8 Å². The van der Waals surface area contributed by atoms with Gasteiger partial charge in [-0.2, -0.15) is 0 Å². The molecule has 4 fully saturated rings. The first kappa shape index (κ1) is 13.0. The fourth-order valence-electron chi connectivity index (χ4n) is 5.65. The Labute approximate surface area is 122 Å². The number of fused-ring (bicyclic) bond motifs is 3. The molecule has 0 aromatic heterocycles. The van der Waals surface area contributed by atoms with Gasteiger partial charge in [0, 0.05) is 12.1 Å². The zero-order valence-corrected chi connectivity index (χ0v) is 13.0. The summed E-state index contributed by atoms with van der Waals surface area (Å²) in [5.41, 5.74) is 0. The molecule has 0 aromatic carbocycles. The Kier molecular flexibility index (Phi) is 3.83. The van der Waals surface area contributed by atoms with Crippen LogP contribution in [0.25, 0.3) is 0 Å². The quantitative estimate of drug-likeness (QED) is 0.686. The van der Waals surface area contributed by atoms with E-state index in [4.69, 9.17) is 0 Å². The van der Waals surface area contributed by atoms with E-state index in [-0.39, 0.29) is 0 Å². The first-order valence-electron chi connectivity index (χ1n) is 8.84. The predicted octanol–water partition coefficient (Wildman–Crippen LogP) is 4.66. The Morgan fingerprint density at radius 3 is 1.79 bits per heavy atom. The number of rotatable bonds is 1. The molecule has 0 radical (unpaired) electrons. The summed E-state index contributed by atoms with van der Waals surface area (Å²) in [5.74, 6) is 3.60. The Balaban J connectivity index is 1.59. The lowest BCUT2D eigenvalue weighted by molar-refractivity contribution is 0.119. The SMILES string of the molecule is C1CC[C@H](N2C3CCCCC3[C@H]3CCCCC32)SC1. The molecule has 2 aliphatic heterocycles. The number of likely N-dealkylation sites (tertiary alicyclic amines) is 1. The molecule has 0 spiro atoms. The third kappa shape index (κ3) is 2.27. The molecule has 2 aliphatic carbocycles. The third-order valence-corrected chi connectivity index (χ3v) is 7.76. The minimum Gasteiger partial charge on any atom is -0.285 e. The van der Waals surface area contributed by atoms with Gasteiger partial charge in [-0.3, -0.25) is 4.90 Å². The van der Waals surface area contributed by atoms with Gasteiger partial charge in [-0.25, -0.2) is 0 Å². The van der Waals surface area contributed by atoms with E-state index >= 15 is 0 Å². The molecule has 2 saturated carbocycles. The van der Waals surface area contributed by atoms with Gasteiger partial charge in [0.05, 0.1) is 5.37 Å². The molecule has 1 nitrogen and oxygen atoms in total. The van der Waals surface area contributed by atoms with Crippen molar-refractivity contribution in [3.05, 3.63) is 0 Å². The lowest BCUT2D eigenvalue weighted by Gasteiger charge is -2.41. The van der Waals surface area contributed by atoms with Crippen LogP contribution in [-0.4, -0.2) is 28.1 Å². The van der Waals surface area contributed by atoms with Crippen molar-refractivity contribution in [1.29, 1.82) is 0 Å². The molecular formula is C17H29NS. The number of thioether (sulfide) groups is 1. The average molecular weight is 279 g/mol. The van der Waals surface area contributed by atoms with Crippen LogP contribution < -0.4 is 0 Å². The zero-order chi connectivity index (χ0) is 12.7. The van der Waals surface area contributed by atoms with Crippen molar-refractivity contribution in [2.45, 2.75) is 88.1 Å². The van der Waals surface area contributed by atoms with Crippen LogP contribution in [0.4, 0.5) is 0 Å². The number of hydrogen-bond donors (Lipinski definition) is 0. The van der Waals surface area contributed by atoms with E-state index < -0.39 is 0 Å². The second kappa shape index (κ2) is 5.60. The van der Waals surface area contributed by atoms with E-state index in [0.29, 0.717) is 0 Å². The minimum absolute atomic E-state index is 0.896. The second-order valence-electron chi connectivity index (χ2n) is 7.30. The van der Waals surface area contributed by atoms with E-state index in [0.717, 1.165) is 29.3 Å². The summed E-state index contributed by atoms with van der Waals surface area (Å²) < 4.78 is 0. The highest BCUT2D eigenvalue weighted by molar-refractivity contribution is 7.99. The van der Waals surface area contributed by atoms with Gasteiger partial charge < -0.3 is 0 Å². The van der Waals surface area contributed by atoms with Crippen molar-refractivity contribution in [2.75, 3.05) is 5.75 Å². The van der Waals surface area contributed by atoms with Crippen LogP contribution in [-0.2, 0) is 0 Å². The van der Waals surface area contributed by atoms with Gasteiger partial charge in [0.25, 0.3) is 0 Å². The maximum atomic E-state index is 3.08. The number of hydrogen-bond acceptors (Lipinski definition) is 2. The van der Waals surface area contributed by atoms with Gasteiger partial charge in [-0.05, 0) is 56.1 Å². The van der Waals surface area contributed by atoms with Crippen LogP contribution in [0.15, 0.2) is 0 Å². The van der Waals surface area contributed by atoms with Crippen molar-refractivity contribution >= 4 is 11.8 Å². The predicted molar refractivity (Wildman–Crippen MR) is 83.4 cm³/mol. The lowest BCUT2D eigenvalue weighted by atomic mass is 9.73. The van der Waals surface area contributed by atoms with E-state index in [1.165, 1.54) is 63.5 Å². The van der Waals surface area contributed by atoms with Crippen LogP contribution in [0.5, 0.6) is 0 Å². The fourth-order valence-corrected chi connectivity index (χ4v) is 7.11. The maximum absolute atomic E-state index is 3.08. The molecule has 0 N–H and O–H groups in total. The summed E-state index contributed by atoms with van der Waals surface area (Å²) in [6.45, 7) is 0. The van der Waals surface area contributed by atoms with E-state index in [1.807, 2.05) is 0 Å². The van der Waals surface area contributed by atoms with Gasteiger partial charge in [-0.1, -0.05) is 32.1 Å². The number of nitrogens with zero attached hydrogens (tertiary/aromatic N) is 1. The highest BCUT2D eigenvalue weighted by Crippen LogP contribution is 2.51. The molecule has 5 atom stereocenters. The molecule has 0 aromatic rings. The topological polar surface area (TPSA) is 3.24 Å². The summed E-state index contributed by atoms with van der Waals surface area (Å²) >= 11 is 2.30. The van der Waals surface area contributed by atoms with Gasteiger partial charge in [0.2, 0.25) is 0 Å². The van der Waals surface area contributed by atoms with E-state index in [1.54, 1.807) is 12.8 Å². The lowest BCUT2D eigenvalue weighted by Crippen LogP contribution is -2.46. The second-order valence-corrected chi connectivity index (χ2v) is 8.59. The summed E-state index contributed by atoms with van der Waals surface area (Å²) in [4.78, 5) is 3.08. The third-order valence-electron chi connectivity index (χ3n) is 6.37. The summed E-state index contributed by atoms with van der Waals surface area (Å²) in [5, 5.41) is 0.896. The molecule has 2 heterocycles. The standard InChI is InChI=1S/C17H29NS/c1-3-9-15-13(7-1)14-8-2-4-10-16(14)18(15)17-11-5-6-12-19-17/h13-17H,1-12H2/t13-,14?,15?,16?,17-/m1/s1. The van der Waals surface area contributed by atoms with Crippen LogP contribution in [0.3, 0.4) is 0 Å². The first-order chi connectivity index (χ1) is 9.45. The molecule has 4 rings (SSSR count). The van der Waals surface area contributed by atoms with Gasteiger partial charge >= 0.3 is 0 Å². The van der Waals surface area contributed by atoms with Gasteiger partial charge in [0.15, 0.2) is 0 Å². The zero-order valence-electron chi connectivity index (χ0n) is 12.2. The monoisotopic (exact) mass is 279 g/mol. The molecule has 108 valence electrons. The van der Waals surface area contributed by atoms with Crippen molar-refractivity contribution in [1.82, 2.24) is 4.90 Å². The maximum Gasteiger partial charge on any atom is 0.0562 e. The van der Waals surface area contributed by atoms with Crippen LogP contribution >= 0.6 is 11.8 Å². The summed E-state index contributed by atoms with van der Waals surface area (Å²) in [7, 11) is 0.